The highest BCUT2D eigenvalue weighted by Gasteiger charge is 2.16. The van der Waals surface area contributed by atoms with Crippen LogP contribution in [0.25, 0.3) is 11.1 Å². The summed E-state index contributed by atoms with van der Waals surface area (Å²) in [5.74, 6) is 4.00. The third-order valence-corrected chi connectivity index (χ3v) is 5.48. The molecule has 8 nitrogen and oxygen atoms in total. The van der Waals surface area contributed by atoms with E-state index in [1.54, 1.807) is 0 Å². The minimum Gasteiger partial charge on any atom is -0.486 e. The van der Waals surface area contributed by atoms with E-state index in [0.29, 0.717) is 49.7 Å². The molecule has 0 aliphatic carbocycles. The quantitative estimate of drug-likeness (QED) is 0.427. The van der Waals surface area contributed by atoms with Crippen molar-refractivity contribution in [2.75, 3.05) is 37.1 Å². The van der Waals surface area contributed by atoms with E-state index >= 15 is 0 Å². The molecule has 6 rings (SSSR count). The summed E-state index contributed by atoms with van der Waals surface area (Å²) >= 11 is 0. The minimum atomic E-state index is 0.455. The smallest absolute Gasteiger partial charge is 0.229 e. The maximum Gasteiger partial charge on any atom is 0.229 e. The van der Waals surface area contributed by atoms with Crippen molar-refractivity contribution in [3.8, 4) is 34.1 Å². The van der Waals surface area contributed by atoms with E-state index in [2.05, 4.69) is 15.6 Å². The number of anilines is 4. The number of ether oxygens (including phenoxy) is 4. The molecule has 0 radical (unpaired) electrons. The lowest BCUT2D eigenvalue weighted by atomic mass is 10.1. The number of nitrogens with one attached hydrogen (secondary N) is 2. The number of hydrogen-bond donors (Lipinski definition) is 2. The van der Waals surface area contributed by atoms with Gasteiger partial charge in [-0.1, -0.05) is 30.3 Å². The number of nitrogens with zero attached hydrogens (tertiary/aromatic N) is 2. The molecule has 3 heterocycles. The van der Waals surface area contributed by atoms with Crippen LogP contribution in [0.4, 0.5) is 23.1 Å². The van der Waals surface area contributed by atoms with Gasteiger partial charge in [0.1, 0.15) is 32.2 Å². The Bertz CT molecular complexity index is 1330. The van der Waals surface area contributed by atoms with Crippen LogP contribution in [-0.4, -0.2) is 36.4 Å². The van der Waals surface area contributed by atoms with E-state index in [9.17, 15) is 0 Å². The van der Waals surface area contributed by atoms with Crippen LogP contribution in [0.2, 0.25) is 0 Å². The van der Waals surface area contributed by atoms with Crippen molar-refractivity contribution in [3.05, 3.63) is 72.9 Å². The topological polar surface area (TPSA) is 86.8 Å². The van der Waals surface area contributed by atoms with Crippen molar-refractivity contribution in [3.63, 3.8) is 0 Å². The Labute approximate surface area is 196 Å². The number of aromatic nitrogens is 2. The Balaban J connectivity index is 1.33. The van der Waals surface area contributed by atoms with Crippen LogP contribution in [0.1, 0.15) is 0 Å². The fraction of sp³-hybridized carbons (Fsp3) is 0.154. The van der Waals surface area contributed by atoms with Gasteiger partial charge in [0.25, 0.3) is 0 Å². The number of rotatable bonds is 5. The molecule has 170 valence electrons. The number of benzene rings is 3. The van der Waals surface area contributed by atoms with Crippen LogP contribution in [0.5, 0.6) is 23.0 Å². The molecule has 0 saturated carbocycles. The second kappa shape index (κ2) is 8.82. The number of fused-ring (bicyclic) bond motifs is 2. The van der Waals surface area contributed by atoms with E-state index < -0.39 is 0 Å². The van der Waals surface area contributed by atoms with Gasteiger partial charge in [0.15, 0.2) is 23.0 Å². The molecule has 8 heteroatoms. The lowest BCUT2D eigenvalue weighted by Crippen LogP contribution is -2.15. The van der Waals surface area contributed by atoms with Crippen LogP contribution in [-0.2, 0) is 0 Å². The maximum absolute atomic E-state index is 5.73. The first-order chi connectivity index (χ1) is 16.8. The van der Waals surface area contributed by atoms with Gasteiger partial charge in [-0.05, 0) is 29.8 Å². The first-order valence-electron chi connectivity index (χ1n) is 11.1. The van der Waals surface area contributed by atoms with Crippen LogP contribution >= 0.6 is 0 Å². The van der Waals surface area contributed by atoms with E-state index in [-0.39, 0.29) is 0 Å². The highest BCUT2D eigenvalue weighted by Crippen LogP contribution is 2.36. The summed E-state index contributed by atoms with van der Waals surface area (Å²) in [5, 5.41) is 6.69. The highest BCUT2D eigenvalue weighted by molar-refractivity contribution is 5.79. The molecule has 34 heavy (non-hydrogen) atoms. The summed E-state index contributed by atoms with van der Waals surface area (Å²) in [4.78, 5) is 9.34. The van der Waals surface area contributed by atoms with Gasteiger partial charge in [-0.2, -0.15) is 4.98 Å². The first-order valence-corrected chi connectivity index (χ1v) is 11.1. The van der Waals surface area contributed by atoms with Crippen molar-refractivity contribution in [2.45, 2.75) is 0 Å². The molecule has 4 aromatic rings. The van der Waals surface area contributed by atoms with Gasteiger partial charge in [0.05, 0.1) is 0 Å². The molecule has 3 aromatic carbocycles. The van der Waals surface area contributed by atoms with Gasteiger partial charge in [-0.3, -0.25) is 0 Å². The summed E-state index contributed by atoms with van der Waals surface area (Å²) in [6.45, 7) is 2.17. The van der Waals surface area contributed by atoms with Crippen molar-refractivity contribution < 1.29 is 18.9 Å². The predicted molar refractivity (Wildman–Crippen MR) is 129 cm³/mol. The van der Waals surface area contributed by atoms with Crippen LogP contribution in [0.15, 0.2) is 72.9 Å². The van der Waals surface area contributed by atoms with E-state index in [0.717, 1.165) is 34.0 Å². The summed E-state index contributed by atoms with van der Waals surface area (Å²) in [5.41, 5.74) is 3.53. The third kappa shape index (κ3) is 4.13. The zero-order valence-electron chi connectivity index (χ0n) is 18.3. The van der Waals surface area contributed by atoms with Crippen molar-refractivity contribution >= 4 is 23.1 Å². The van der Waals surface area contributed by atoms with Crippen LogP contribution < -0.4 is 29.6 Å². The number of hydrogen-bond acceptors (Lipinski definition) is 8. The Morgan fingerprint density at radius 1 is 0.618 bits per heavy atom. The van der Waals surface area contributed by atoms with E-state index in [1.807, 2.05) is 72.9 Å². The van der Waals surface area contributed by atoms with Gasteiger partial charge >= 0.3 is 0 Å². The molecule has 2 N–H and O–H groups in total. The predicted octanol–water partition coefficient (Wildman–Crippen LogP) is 5.17. The van der Waals surface area contributed by atoms with Crippen molar-refractivity contribution in [1.29, 1.82) is 0 Å². The van der Waals surface area contributed by atoms with Gasteiger partial charge < -0.3 is 29.6 Å². The van der Waals surface area contributed by atoms with Gasteiger partial charge in [-0.15, -0.1) is 0 Å². The summed E-state index contributed by atoms with van der Waals surface area (Å²) in [7, 11) is 0. The third-order valence-electron chi connectivity index (χ3n) is 5.48. The van der Waals surface area contributed by atoms with E-state index in [1.165, 1.54) is 0 Å². The van der Waals surface area contributed by atoms with Gasteiger partial charge in [-0.25, -0.2) is 4.98 Å². The van der Waals surface area contributed by atoms with Crippen LogP contribution in [0.3, 0.4) is 0 Å². The summed E-state index contributed by atoms with van der Waals surface area (Å²) in [6.07, 6.45) is 1.81. The monoisotopic (exact) mass is 454 g/mol. The molecule has 0 bridgehead atoms. The molecular weight excluding hydrogens is 432 g/mol. The minimum absolute atomic E-state index is 0.455. The van der Waals surface area contributed by atoms with Gasteiger partial charge in [0, 0.05) is 35.3 Å². The Hall–Kier alpha value is -4.46. The zero-order chi connectivity index (χ0) is 22.7. The second-order valence-corrected chi connectivity index (χ2v) is 7.79. The fourth-order valence-electron chi connectivity index (χ4n) is 3.87. The lowest BCUT2D eigenvalue weighted by Gasteiger charge is -2.20. The summed E-state index contributed by atoms with van der Waals surface area (Å²) < 4.78 is 22.7. The highest BCUT2D eigenvalue weighted by atomic mass is 16.6. The molecule has 2 aliphatic heterocycles. The van der Waals surface area contributed by atoms with Gasteiger partial charge in [0.2, 0.25) is 5.95 Å². The SMILES string of the molecule is c1ccc(-c2cnc(Nc3ccc4c(c3)OCCO4)nc2Nc2ccc3c(c2)OCCO3)cc1. The second-order valence-electron chi connectivity index (χ2n) is 7.79. The van der Waals surface area contributed by atoms with Crippen LogP contribution in [0, 0.1) is 0 Å². The molecule has 0 spiro atoms. The molecular formula is C26H22N4O4. The molecule has 0 amide bonds. The molecule has 0 saturated heterocycles. The average molecular weight is 454 g/mol. The lowest BCUT2D eigenvalue weighted by molar-refractivity contribution is 0.171. The average Bonchev–Trinajstić information content (AvgIpc) is 2.89. The molecule has 1 aromatic heterocycles. The largest absolute Gasteiger partial charge is 0.486 e. The standard InChI is InChI=1S/C26H22N4O4/c1-2-4-17(5-3-1)20-16-27-26(29-19-7-9-22-24(15-19)34-13-11-32-22)30-25(20)28-18-6-8-21-23(14-18)33-12-10-31-21/h1-9,14-16H,10-13H2,(H2,27,28,29,30). The first kappa shape index (κ1) is 20.2. The normalized spacial score (nSPS) is 13.8. The molecule has 2 aliphatic rings. The Kier molecular flexibility index (Phi) is 5.23. The van der Waals surface area contributed by atoms with Crippen molar-refractivity contribution in [2.24, 2.45) is 0 Å². The fourth-order valence-corrected chi connectivity index (χ4v) is 3.87. The maximum atomic E-state index is 5.73. The Morgan fingerprint density at radius 2 is 1.21 bits per heavy atom. The molecule has 0 fully saturated rings. The Morgan fingerprint density at radius 3 is 1.85 bits per heavy atom. The van der Waals surface area contributed by atoms with E-state index in [4.69, 9.17) is 23.9 Å². The van der Waals surface area contributed by atoms with Crippen molar-refractivity contribution in [1.82, 2.24) is 9.97 Å². The molecule has 0 unspecified atom stereocenters. The zero-order valence-corrected chi connectivity index (χ0v) is 18.3. The summed E-state index contributed by atoms with van der Waals surface area (Å²) in [6, 6.07) is 21.5. The molecule has 0 atom stereocenters.